The van der Waals surface area contributed by atoms with Crippen molar-refractivity contribution in [3.63, 3.8) is 0 Å². The molecule has 1 aliphatic rings. The van der Waals surface area contributed by atoms with Gasteiger partial charge in [-0.1, -0.05) is 19.1 Å². The Balaban J connectivity index is 1.69. The van der Waals surface area contributed by atoms with E-state index in [1.54, 1.807) is 30.3 Å². The number of carbonyl (C=O) groups is 2. The van der Waals surface area contributed by atoms with Crippen LogP contribution in [-0.4, -0.2) is 16.8 Å². The van der Waals surface area contributed by atoms with Crippen LogP contribution in [0, 0.1) is 18.8 Å². The van der Waals surface area contributed by atoms with Crippen LogP contribution in [0.1, 0.15) is 29.4 Å². The number of amides is 2. The van der Waals surface area contributed by atoms with Gasteiger partial charge in [-0.25, -0.2) is 4.98 Å². The van der Waals surface area contributed by atoms with Gasteiger partial charge in [0, 0.05) is 22.9 Å². The molecule has 118 valence electrons. The van der Waals surface area contributed by atoms with E-state index in [0.717, 1.165) is 12.1 Å². The standard InChI is InChI=1S/C18H19N3O2/c1-11-9-15(11)18(23)20-14-7-4-6-13(10-14)17(22)21-16-8-3-5-12(2)19-16/h3-8,10-11,15H,9H2,1-2H3,(H,20,23)(H,19,21,22). The molecule has 5 heteroatoms. The van der Waals surface area contributed by atoms with E-state index >= 15 is 0 Å². The van der Waals surface area contributed by atoms with Gasteiger partial charge in [-0.3, -0.25) is 9.59 Å². The minimum absolute atomic E-state index is 0.0235. The van der Waals surface area contributed by atoms with Crippen LogP contribution in [0.25, 0.3) is 0 Å². The lowest BCUT2D eigenvalue weighted by Crippen LogP contribution is -2.16. The van der Waals surface area contributed by atoms with Gasteiger partial charge in [-0.15, -0.1) is 0 Å². The second-order valence-electron chi connectivity index (χ2n) is 6.01. The lowest BCUT2D eigenvalue weighted by atomic mass is 10.2. The number of aromatic nitrogens is 1. The Morgan fingerprint density at radius 2 is 1.87 bits per heavy atom. The van der Waals surface area contributed by atoms with E-state index in [2.05, 4.69) is 22.5 Å². The molecule has 1 saturated carbocycles. The number of anilines is 2. The van der Waals surface area contributed by atoms with Gasteiger partial charge in [-0.2, -0.15) is 0 Å². The zero-order valence-electron chi connectivity index (χ0n) is 13.2. The van der Waals surface area contributed by atoms with Gasteiger partial charge in [-0.05, 0) is 49.6 Å². The third-order valence-corrected chi connectivity index (χ3v) is 3.97. The molecule has 2 unspecified atom stereocenters. The molecule has 0 aliphatic heterocycles. The molecule has 23 heavy (non-hydrogen) atoms. The first-order valence-electron chi connectivity index (χ1n) is 7.69. The maximum absolute atomic E-state index is 12.3. The fourth-order valence-electron chi connectivity index (χ4n) is 2.46. The molecule has 2 amide bonds. The summed E-state index contributed by atoms with van der Waals surface area (Å²) in [7, 11) is 0. The summed E-state index contributed by atoms with van der Waals surface area (Å²) in [5, 5.41) is 5.63. The predicted octanol–water partition coefficient (Wildman–Crippen LogP) is 3.24. The first kappa shape index (κ1) is 15.2. The molecule has 1 aliphatic carbocycles. The number of nitrogens with zero attached hydrogens (tertiary/aromatic N) is 1. The lowest BCUT2D eigenvalue weighted by Gasteiger charge is -2.08. The fourth-order valence-corrected chi connectivity index (χ4v) is 2.46. The number of hydrogen-bond acceptors (Lipinski definition) is 3. The number of benzene rings is 1. The summed E-state index contributed by atoms with van der Waals surface area (Å²) in [5.41, 5.74) is 1.95. The quantitative estimate of drug-likeness (QED) is 0.911. The van der Waals surface area contributed by atoms with Gasteiger partial charge >= 0.3 is 0 Å². The zero-order valence-corrected chi connectivity index (χ0v) is 13.2. The molecule has 0 spiro atoms. The van der Waals surface area contributed by atoms with Crippen molar-refractivity contribution in [2.75, 3.05) is 10.6 Å². The Kier molecular flexibility index (Phi) is 4.10. The summed E-state index contributed by atoms with van der Waals surface area (Å²) in [6.07, 6.45) is 0.936. The maximum Gasteiger partial charge on any atom is 0.256 e. The van der Waals surface area contributed by atoms with Crippen LogP contribution in [0.5, 0.6) is 0 Å². The van der Waals surface area contributed by atoms with Gasteiger partial charge in [0.1, 0.15) is 5.82 Å². The Hall–Kier alpha value is -2.69. The topological polar surface area (TPSA) is 71.1 Å². The van der Waals surface area contributed by atoms with Gasteiger partial charge in [0.25, 0.3) is 5.91 Å². The molecule has 0 saturated heterocycles. The van der Waals surface area contributed by atoms with E-state index in [1.807, 2.05) is 19.1 Å². The third kappa shape index (κ3) is 3.74. The van der Waals surface area contributed by atoms with Crippen LogP contribution in [-0.2, 0) is 4.79 Å². The smallest absolute Gasteiger partial charge is 0.256 e. The maximum atomic E-state index is 12.3. The Morgan fingerprint density at radius 1 is 1.13 bits per heavy atom. The van der Waals surface area contributed by atoms with E-state index in [9.17, 15) is 9.59 Å². The SMILES string of the molecule is Cc1cccc(NC(=O)c2cccc(NC(=O)C3CC3C)c2)n1. The molecular formula is C18H19N3O2. The molecule has 2 aromatic rings. The minimum atomic E-state index is -0.251. The second-order valence-corrected chi connectivity index (χ2v) is 6.01. The molecule has 1 aromatic carbocycles. The fraction of sp³-hybridized carbons (Fsp3) is 0.278. The van der Waals surface area contributed by atoms with E-state index in [-0.39, 0.29) is 17.7 Å². The van der Waals surface area contributed by atoms with Crippen LogP contribution in [0.15, 0.2) is 42.5 Å². The summed E-state index contributed by atoms with van der Waals surface area (Å²) < 4.78 is 0. The van der Waals surface area contributed by atoms with Crippen molar-refractivity contribution >= 4 is 23.3 Å². The largest absolute Gasteiger partial charge is 0.326 e. The van der Waals surface area contributed by atoms with Crippen LogP contribution in [0.2, 0.25) is 0 Å². The van der Waals surface area contributed by atoms with E-state index in [0.29, 0.717) is 23.0 Å². The summed E-state index contributed by atoms with van der Waals surface area (Å²) in [5.74, 6) is 0.837. The summed E-state index contributed by atoms with van der Waals surface area (Å²) in [6.45, 7) is 3.92. The molecule has 0 bridgehead atoms. The molecule has 1 aromatic heterocycles. The molecule has 0 radical (unpaired) electrons. The van der Waals surface area contributed by atoms with Crippen LogP contribution < -0.4 is 10.6 Å². The molecule has 2 N–H and O–H groups in total. The Labute approximate surface area is 135 Å². The zero-order chi connectivity index (χ0) is 16.4. The minimum Gasteiger partial charge on any atom is -0.326 e. The van der Waals surface area contributed by atoms with Crippen molar-refractivity contribution in [2.45, 2.75) is 20.3 Å². The second kappa shape index (κ2) is 6.20. The molecule has 2 atom stereocenters. The van der Waals surface area contributed by atoms with E-state index in [4.69, 9.17) is 0 Å². The molecule has 1 fully saturated rings. The van der Waals surface area contributed by atoms with Crippen molar-refractivity contribution in [3.05, 3.63) is 53.7 Å². The number of aryl methyl sites for hydroxylation is 1. The monoisotopic (exact) mass is 309 g/mol. The first-order chi connectivity index (χ1) is 11.0. The highest BCUT2D eigenvalue weighted by Crippen LogP contribution is 2.38. The number of rotatable bonds is 4. The highest BCUT2D eigenvalue weighted by Gasteiger charge is 2.39. The highest BCUT2D eigenvalue weighted by molar-refractivity contribution is 6.05. The van der Waals surface area contributed by atoms with Crippen molar-refractivity contribution in [3.8, 4) is 0 Å². The predicted molar refractivity (Wildman–Crippen MR) is 89.3 cm³/mol. The summed E-state index contributed by atoms with van der Waals surface area (Å²) in [6, 6.07) is 12.4. The lowest BCUT2D eigenvalue weighted by molar-refractivity contribution is -0.117. The number of pyridine rings is 1. The molecule has 3 rings (SSSR count). The van der Waals surface area contributed by atoms with Gasteiger partial charge in [0.15, 0.2) is 0 Å². The van der Waals surface area contributed by atoms with Gasteiger partial charge < -0.3 is 10.6 Å². The first-order valence-corrected chi connectivity index (χ1v) is 7.69. The van der Waals surface area contributed by atoms with Crippen molar-refractivity contribution in [2.24, 2.45) is 11.8 Å². The summed E-state index contributed by atoms with van der Waals surface area (Å²) in [4.78, 5) is 28.5. The molecular weight excluding hydrogens is 290 g/mol. The van der Waals surface area contributed by atoms with Crippen molar-refractivity contribution in [1.29, 1.82) is 0 Å². The van der Waals surface area contributed by atoms with Gasteiger partial charge in [0.2, 0.25) is 5.91 Å². The highest BCUT2D eigenvalue weighted by atomic mass is 16.2. The number of hydrogen-bond donors (Lipinski definition) is 2. The number of carbonyl (C=O) groups excluding carboxylic acids is 2. The summed E-state index contributed by atoms with van der Waals surface area (Å²) >= 11 is 0. The van der Waals surface area contributed by atoms with Crippen LogP contribution in [0.3, 0.4) is 0 Å². The average molecular weight is 309 g/mol. The van der Waals surface area contributed by atoms with Crippen molar-refractivity contribution in [1.82, 2.24) is 4.98 Å². The van der Waals surface area contributed by atoms with Crippen LogP contribution >= 0.6 is 0 Å². The average Bonchev–Trinajstić information content (AvgIpc) is 3.25. The van der Waals surface area contributed by atoms with E-state index < -0.39 is 0 Å². The van der Waals surface area contributed by atoms with Crippen molar-refractivity contribution < 1.29 is 9.59 Å². The third-order valence-electron chi connectivity index (χ3n) is 3.97. The van der Waals surface area contributed by atoms with Crippen LogP contribution in [0.4, 0.5) is 11.5 Å². The Morgan fingerprint density at radius 3 is 2.57 bits per heavy atom. The van der Waals surface area contributed by atoms with Gasteiger partial charge in [0.05, 0.1) is 0 Å². The number of nitrogens with one attached hydrogen (secondary N) is 2. The molecule has 5 nitrogen and oxygen atoms in total. The Bertz CT molecular complexity index is 757. The molecule has 1 heterocycles. The van der Waals surface area contributed by atoms with E-state index in [1.165, 1.54) is 0 Å². The normalized spacial score (nSPS) is 19.0.